The predicted octanol–water partition coefficient (Wildman–Crippen LogP) is 5.29. The molecular weight excluding hydrogens is 438 g/mol. The van der Waals surface area contributed by atoms with E-state index in [0.29, 0.717) is 30.8 Å². The Bertz CT molecular complexity index is 1380. The monoisotopic (exact) mass is 467 g/mol. The largest absolute Gasteiger partial charge is 0.494 e. The molecule has 0 saturated heterocycles. The number of nitrogens with zero attached hydrogens (tertiary/aromatic N) is 3. The number of carboxylic acid groups (broad SMARTS) is 1. The molecule has 0 spiro atoms. The molecule has 4 rings (SSSR count). The van der Waals surface area contributed by atoms with Crippen molar-refractivity contribution in [1.29, 1.82) is 0 Å². The van der Waals surface area contributed by atoms with Crippen LogP contribution in [0.2, 0.25) is 0 Å². The van der Waals surface area contributed by atoms with Crippen molar-refractivity contribution >= 4 is 38.6 Å². The molecule has 0 aliphatic rings. The fraction of sp³-hybridized carbons (Fsp3) is 0.400. The highest BCUT2D eigenvalue weighted by atomic mass is 32.1. The molecule has 2 aromatic carbocycles. The van der Waals surface area contributed by atoms with E-state index in [1.807, 2.05) is 32.0 Å². The van der Waals surface area contributed by atoms with E-state index >= 15 is 0 Å². The van der Waals surface area contributed by atoms with Gasteiger partial charge in [0, 0.05) is 17.5 Å². The molecule has 0 aliphatic carbocycles. The maximum atomic E-state index is 13.7. The fourth-order valence-corrected chi connectivity index (χ4v) is 5.62. The number of aromatic nitrogens is 3. The zero-order valence-corrected chi connectivity index (χ0v) is 20.2. The summed E-state index contributed by atoms with van der Waals surface area (Å²) in [5.41, 5.74) is 4.40. The van der Waals surface area contributed by atoms with E-state index in [1.54, 1.807) is 9.13 Å². The van der Waals surface area contributed by atoms with Crippen molar-refractivity contribution in [3.63, 3.8) is 0 Å². The average Bonchev–Trinajstić information content (AvgIpc) is 3.26. The lowest BCUT2D eigenvalue weighted by Crippen LogP contribution is -2.29. The first kappa shape index (κ1) is 23.0. The minimum Gasteiger partial charge on any atom is -0.494 e. The molecule has 8 heteroatoms. The highest BCUT2D eigenvalue weighted by molar-refractivity contribution is 7.13. The van der Waals surface area contributed by atoms with E-state index in [2.05, 4.69) is 30.4 Å². The van der Waals surface area contributed by atoms with Gasteiger partial charge in [-0.2, -0.15) is 4.37 Å². The van der Waals surface area contributed by atoms with Gasteiger partial charge in [-0.05, 0) is 68.1 Å². The normalized spacial score (nSPS) is 12.5. The Morgan fingerprint density at radius 1 is 1.18 bits per heavy atom. The Kier molecular flexibility index (Phi) is 6.56. The minimum atomic E-state index is -0.918. The highest BCUT2D eigenvalue weighted by Crippen LogP contribution is 2.30. The van der Waals surface area contributed by atoms with Gasteiger partial charge in [-0.15, -0.1) is 0 Å². The molecule has 0 saturated carbocycles. The molecule has 174 valence electrons. The first-order valence-corrected chi connectivity index (χ1v) is 12.1. The Hall–Kier alpha value is -3.13. The standard InChI is InChI=1S/C25H29N3O4S/c1-5-7-17(12-23(29)30)28-21-13-18(32-6-2)8-9-20(21)27(25(28)31)14-19-24-16(4)10-15(3)11-22(24)33-26-19/h8-11,13,17H,5-7,12,14H2,1-4H3,(H,29,30)/t17-/m0/s1. The third kappa shape index (κ3) is 4.39. The van der Waals surface area contributed by atoms with Gasteiger partial charge in [-0.25, -0.2) is 4.79 Å². The van der Waals surface area contributed by atoms with E-state index < -0.39 is 12.0 Å². The quantitative estimate of drug-likeness (QED) is 0.361. The molecule has 2 heterocycles. The van der Waals surface area contributed by atoms with Crippen molar-refractivity contribution in [2.45, 2.75) is 59.5 Å². The third-order valence-electron chi connectivity index (χ3n) is 5.94. The van der Waals surface area contributed by atoms with Crippen LogP contribution in [-0.2, 0) is 11.3 Å². The summed E-state index contributed by atoms with van der Waals surface area (Å²) in [7, 11) is 0. The minimum absolute atomic E-state index is 0.107. The fourth-order valence-electron chi connectivity index (χ4n) is 4.66. The first-order valence-electron chi connectivity index (χ1n) is 11.3. The molecule has 2 aromatic heterocycles. The van der Waals surface area contributed by atoms with Crippen LogP contribution in [0.4, 0.5) is 0 Å². The summed E-state index contributed by atoms with van der Waals surface area (Å²) in [5, 5.41) is 10.6. The molecule has 1 atom stereocenters. The van der Waals surface area contributed by atoms with Crippen molar-refractivity contribution in [1.82, 2.24) is 13.5 Å². The first-order chi connectivity index (χ1) is 15.8. The summed E-state index contributed by atoms with van der Waals surface area (Å²) in [6.07, 6.45) is 1.27. The summed E-state index contributed by atoms with van der Waals surface area (Å²) in [5.74, 6) is -0.259. The van der Waals surface area contributed by atoms with Gasteiger partial charge in [-0.1, -0.05) is 19.4 Å². The second-order valence-corrected chi connectivity index (χ2v) is 9.25. The molecule has 0 amide bonds. The predicted molar refractivity (Wildman–Crippen MR) is 132 cm³/mol. The number of carboxylic acids is 1. The smallest absolute Gasteiger partial charge is 0.329 e. The number of aliphatic carboxylic acids is 1. The van der Waals surface area contributed by atoms with Crippen molar-refractivity contribution < 1.29 is 14.6 Å². The van der Waals surface area contributed by atoms with Crippen molar-refractivity contribution in [2.24, 2.45) is 0 Å². The van der Waals surface area contributed by atoms with Crippen LogP contribution in [0, 0.1) is 13.8 Å². The lowest BCUT2D eigenvalue weighted by molar-refractivity contribution is -0.137. The number of carbonyl (C=O) groups is 1. The number of imidazole rings is 1. The van der Waals surface area contributed by atoms with Gasteiger partial charge in [0.05, 0.1) is 41.0 Å². The maximum absolute atomic E-state index is 13.7. The molecule has 0 radical (unpaired) electrons. The van der Waals surface area contributed by atoms with Crippen molar-refractivity contribution in [2.75, 3.05) is 6.61 Å². The highest BCUT2D eigenvalue weighted by Gasteiger charge is 2.24. The van der Waals surface area contributed by atoms with Gasteiger partial charge in [0.2, 0.25) is 0 Å². The van der Waals surface area contributed by atoms with Crippen LogP contribution >= 0.6 is 11.5 Å². The summed E-state index contributed by atoms with van der Waals surface area (Å²) < 4.78 is 14.8. The Balaban J connectivity index is 1.91. The van der Waals surface area contributed by atoms with E-state index in [0.717, 1.165) is 33.3 Å². The zero-order chi connectivity index (χ0) is 23.7. The number of ether oxygens (including phenoxy) is 1. The van der Waals surface area contributed by atoms with Crippen molar-refractivity contribution in [3.05, 3.63) is 57.6 Å². The molecule has 4 aromatic rings. The van der Waals surface area contributed by atoms with Crippen LogP contribution in [0.3, 0.4) is 0 Å². The second kappa shape index (κ2) is 9.39. The molecule has 0 bridgehead atoms. The molecule has 0 aliphatic heterocycles. The number of hydrogen-bond donors (Lipinski definition) is 1. The third-order valence-corrected chi connectivity index (χ3v) is 6.77. The van der Waals surface area contributed by atoms with Gasteiger partial charge >= 0.3 is 11.7 Å². The van der Waals surface area contributed by atoms with E-state index in [1.165, 1.54) is 17.1 Å². The summed E-state index contributed by atoms with van der Waals surface area (Å²) in [6.45, 7) is 8.87. The topological polar surface area (TPSA) is 86.3 Å². The Morgan fingerprint density at radius 2 is 1.97 bits per heavy atom. The van der Waals surface area contributed by atoms with Crippen LogP contribution in [0.1, 0.15) is 56.0 Å². The molecule has 0 fully saturated rings. The number of fused-ring (bicyclic) bond motifs is 2. The lowest BCUT2D eigenvalue weighted by atomic mass is 10.1. The maximum Gasteiger partial charge on any atom is 0.329 e. The Morgan fingerprint density at radius 3 is 2.67 bits per heavy atom. The van der Waals surface area contributed by atoms with Gasteiger partial charge in [0.25, 0.3) is 0 Å². The van der Waals surface area contributed by atoms with Crippen LogP contribution in [0.5, 0.6) is 5.75 Å². The number of benzene rings is 2. The molecule has 7 nitrogen and oxygen atoms in total. The number of rotatable bonds is 9. The van der Waals surface area contributed by atoms with Crippen LogP contribution in [-0.4, -0.2) is 31.2 Å². The molecule has 33 heavy (non-hydrogen) atoms. The van der Waals surface area contributed by atoms with Crippen LogP contribution in [0.15, 0.2) is 35.1 Å². The van der Waals surface area contributed by atoms with Crippen molar-refractivity contribution in [3.8, 4) is 5.75 Å². The summed E-state index contributed by atoms with van der Waals surface area (Å²) in [6, 6.07) is 9.39. The van der Waals surface area contributed by atoms with Gasteiger partial charge < -0.3 is 9.84 Å². The Labute approximate surface area is 196 Å². The average molecular weight is 468 g/mol. The number of aryl methyl sites for hydroxylation is 2. The second-order valence-electron chi connectivity index (χ2n) is 8.45. The summed E-state index contributed by atoms with van der Waals surface area (Å²) >= 11 is 1.44. The van der Waals surface area contributed by atoms with E-state index in [9.17, 15) is 14.7 Å². The van der Waals surface area contributed by atoms with Gasteiger partial charge in [0.1, 0.15) is 5.75 Å². The molecule has 0 unspecified atom stereocenters. The van der Waals surface area contributed by atoms with E-state index in [-0.39, 0.29) is 12.1 Å². The SMILES string of the molecule is CCC[C@@H](CC(=O)O)n1c(=O)n(Cc2nsc3cc(C)cc(C)c23)c2ccc(OCC)cc21. The van der Waals surface area contributed by atoms with Crippen LogP contribution < -0.4 is 10.4 Å². The summed E-state index contributed by atoms with van der Waals surface area (Å²) in [4.78, 5) is 25.3. The van der Waals surface area contributed by atoms with Crippen LogP contribution in [0.25, 0.3) is 21.1 Å². The van der Waals surface area contributed by atoms with Gasteiger partial charge in [0.15, 0.2) is 0 Å². The lowest BCUT2D eigenvalue weighted by Gasteiger charge is -2.16. The molecular formula is C25H29N3O4S. The van der Waals surface area contributed by atoms with Gasteiger partial charge in [-0.3, -0.25) is 13.9 Å². The number of hydrogen-bond acceptors (Lipinski definition) is 5. The molecule has 1 N–H and O–H groups in total. The van der Waals surface area contributed by atoms with E-state index in [4.69, 9.17) is 4.74 Å². The zero-order valence-electron chi connectivity index (χ0n) is 19.4.